The molecule has 2 aromatic carbocycles. The molecule has 31 heavy (non-hydrogen) atoms. The van der Waals surface area contributed by atoms with Crippen molar-refractivity contribution in [3.05, 3.63) is 78.0 Å². The molecule has 0 fully saturated rings. The van der Waals surface area contributed by atoms with Gasteiger partial charge in [-0.05, 0) is 49.8 Å². The van der Waals surface area contributed by atoms with Crippen LogP contribution in [-0.4, -0.2) is 17.6 Å². The molecule has 0 saturated heterocycles. The van der Waals surface area contributed by atoms with Gasteiger partial charge in [0.1, 0.15) is 11.5 Å². The lowest BCUT2D eigenvalue weighted by Crippen LogP contribution is -2.08. The molecule has 0 amide bonds. The predicted octanol–water partition coefficient (Wildman–Crippen LogP) is 6.85. The van der Waals surface area contributed by atoms with Gasteiger partial charge in [0.2, 0.25) is 0 Å². The monoisotopic (exact) mass is 415 g/mol. The summed E-state index contributed by atoms with van der Waals surface area (Å²) >= 11 is 0. The van der Waals surface area contributed by atoms with E-state index >= 15 is 0 Å². The minimum Gasteiger partial charge on any atom is -0.493 e. The average molecular weight is 416 g/mol. The highest BCUT2D eigenvalue weighted by atomic mass is 16.5. The second kappa shape index (κ2) is 11.1. The lowest BCUT2D eigenvalue weighted by molar-refractivity contribution is -0.130. The zero-order valence-corrected chi connectivity index (χ0v) is 18.3. The average Bonchev–Trinajstić information content (AvgIpc) is 2.78. The number of ether oxygens (including phenoxy) is 2. The van der Waals surface area contributed by atoms with Crippen LogP contribution in [0.5, 0.6) is 11.5 Å². The van der Waals surface area contributed by atoms with E-state index in [1.54, 1.807) is 19.1 Å². The van der Waals surface area contributed by atoms with E-state index in [0.717, 1.165) is 35.0 Å². The molecule has 0 aliphatic carbocycles. The van der Waals surface area contributed by atoms with Gasteiger partial charge in [0, 0.05) is 22.6 Å². The molecule has 0 unspecified atom stereocenters. The van der Waals surface area contributed by atoms with Crippen molar-refractivity contribution >= 4 is 29.0 Å². The Morgan fingerprint density at radius 3 is 2.68 bits per heavy atom. The topological polar surface area (TPSA) is 48.4 Å². The van der Waals surface area contributed by atoms with Gasteiger partial charge >= 0.3 is 5.97 Å². The highest BCUT2D eigenvalue weighted by Gasteiger charge is 2.09. The second-order valence-corrected chi connectivity index (χ2v) is 7.54. The lowest BCUT2D eigenvalue weighted by atomic mass is 10.1. The summed E-state index contributed by atoms with van der Waals surface area (Å²) in [6, 6.07) is 17.5. The molecule has 0 saturated carbocycles. The molecule has 3 aromatic rings. The molecule has 3 rings (SSSR count). The molecular formula is C27H29NO3. The molecule has 0 atom stereocenters. The van der Waals surface area contributed by atoms with Crippen LogP contribution in [0.3, 0.4) is 0 Å². The number of carbonyl (C=O) groups is 1. The predicted molar refractivity (Wildman–Crippen MR) is 127 cm³/mol. The molecule has 4 heteroatoms. The van der Waals surface area contributed by atoms with Gasteiger partial charge in [-0.1, -0.05) is 57.0 Å². The van der Waals surface area contributed by atoms with Crippen molar-refractivity contribution in [1.82, 2.24) is 4.98 Å². The van der Waals surface area contributed by atoms with Crippen LogP contribution in [-0.2, 0) is 4.79 Å². The van der Waals surface area contributed by atoms with Crippen LogP contribution in [0.4, 0.5) is 0 Å². The first-order valence-corrected chi connectivity index (χ1v) is 10.7. The summed E-state index contributed by atoms with van der Waals surface area (Å²) in [7, 11) is 0. The third-order valence-electron chi connectivity index (χ3n) is 4.85. The number of carbonyl (C=O) groups excluding carboxylic acids is 1. The van der Waals surface area contributed by atoms with Crippen molar-refractivity contribution in [1.29, 1.82) is 0 Å². The van der Waals surface area contributed by atoms with Gasteiger partial charge in [-0.3, -0.25) is 0 Å². The highest BCUT2D eigenvalue weighted by molar-refractivity contribution is 5.89. The summed E-state index contributed by atoms with van der Waals surface area (Å²) in [6.45, 7) is 8.06. The molecule has 0 aliphatic rings. The number of pyridine rings is 1. The molecule has 0 N–H and O–H groups in total. The van der Waals surface area contributed by atoms with Crippen molar-refractivity contribution < 1.29 is 14.3 Å². The maximum atomic E-state index is 11.9. The number of fused-ring (bicyclic) bond motifs is 1. The fourth-order valence-corrected chi connectivity index (χ4v) is 3.10. The summed E-state index contributed by atoms with van der Waals surface area (Å²) in [5.74, 6) is 0.677. The maximum absolute atomic E-state index is 11.9. The number of esters is 1. The first kappa shape index (κ1) is 22.3. The smallest absolute Gasteiger partial charge is 0.338 e. The van der Waals surface area contributed by atoms with Crippen LogP contribution in [0.25, 0.3) is 23.1 Å². The number of rotatable bonds is 10. The van der Waals surface area contributed by atoms with Crippen LogP contribution in [0.1, 0.15) is 50.8 Å². The molecule has 1 aromatic heterocycles. The molecule has 0 aliphatic heterocycles. The minimum absolute atomic E-state index is 0.355. The van der Waals surface area contributed by atoms with Crippen LogP contribution in [0, 0.1) is 0 Å². The molecular weight excluding hydrogens is 386 g/mol. The van der Waals surface area contributed by atoms with Crippen LogP contribution >= 0.6 is 0 Å². The van der Waals surface area contributed by atoms with Gasteiger partial charge in [0.05, 0.1) is 17.8 Å². The Bertz CT molecular complexity index is 1080. The number of hydrogen-bond acceptors (Lipinski definition) is 4. The Kier molecular flexibility index (Phi) is 7.99. The molecule has 160 valence electrons. The van der Waals surface area contributed by atoms with Gasteiger partial charge in [-0.25, -0.2) is 9.78 Å². The van der Waals surface area contributed by atoms with Crippen molar-refractivity contribution in [2.45, 2.75) is 39.5 Å². The fraction of sp³-hybridized carbons (Fsp3) is 0.259. The third kappa shape index (κ3) is 6.54. The van der Waals surface area contributed by atoms with E-state index in [1.807, 2.05) is 48.6 Å². The summed E-state index contributed by atoms with van der Waals surface area (Å²) in [5.41, 5.74) is 3.08. The summed E-state index contributed by atoms with van der Waals surface area (Å²) in [5, 5.41) is 1.11. The number of benzene rings is 2. The minimum atomic E-state index is -0.447. The first-order chi connectivity index (χ1) is 15.1. The van der Waals surface area contributed by atoms with Crippen molar-refractivity contribution in [3.8, 4) is 11.5 Å². The Morgan fingerprint density at radius 1 is 1.03 bits per heavy atom. The zero-order chi connectivity index (χ0) is 22.1. The number of para-hydroxylation sites is 1. The largest absolute Gasteiger partial charge is 0.493 e. The van der Waals surface area contributed by atoms with E-state index in [9.17, 15) is 4.79 Å². The molecule has 0 spiro atoms. The number of unbranched alkanes of at least 4 members (excludes halogenated alkanes) is 3. The van der Waals surface area contributed by atoms with Gasteiger partial charge in [0.15, 0.2) is 0 Å². The standard InChI is InChI=1S/C27H29NO3/c1-4-5-6-9-18-30-26-19-24(31-27(29)20(2)3)17-14-22(26)13-16-23-15-12-21-10-7-8-11-25(21)28-23/h7-8,10-17,19H,2,4-6,9,18H2,1,3H3. The number of nitrogens with zero attached hydrogens (tertiary/aromatic N) is 1. The Balaban J connectivity index is 1.80. The van der Waals surface area contributed by atoms with Gasteiger partial charge in [-0.15, -0.1) is 0 Å². The normalized spacial score (nSPS) is 11.0. The summed E-state index contributed by atoms with van der Waals surface area (Å²) in [4.78, 5) is 16.6. The SMILES string of the molecule is C=C(C)C(=O)Oc1ccc(C=Cc2ccc3ccccc3n2)c(OCCCCCC)c1. The number of aromatic nitrogens is 1. The van der Waals surface area contributed by atoms with E-state index in [4.69, 9.17) is 9.47 Å². The van der Waals surface area contributed by atoms with Crippen LogP contribution in [0.2, 0.25) is 0 Å². The highest BCUT2D eigenvalue weighted by Crippen LogP contribution is 2.28. The molecule has 0 radical (unpaired) electrons. The quantitative estimate of drug-likeness (QED) is 0.157. The van der Waals surface area contributed by atoms with E-state index in [1.165, 1.54) is 12.8 Å². The second-order valence-electron chi connectivity index (χ2n) is 7.54. The molecule has 0 bridgehead atoms. The van der Waals surface area contributed by atoms with Crippen molar-refractivity contribution in [3.63, 3.8) is 0 Å². The van der Waals surface area contributed by atoms with E-state index in [0.29, 0.717) is 23.7 Å². The Hall–Kier alpha value is -3.40. The van der Waals surface area contributed by atoms with Gasteiger partial charge in [0.25, 0.3) is 0 Å². The summed E-state index contributed by atoms with van der Waals surface area (Å²) in [6.07, 6.45) is 8.43. The van der Waals surface area contributed by atoms with Gasteiger partial charge in [-0.2, -0.15) is 0 Å². The molecule has 1 heterocycles. The van der Waals surface area contributed by atoms with E-state index in [-0.39, 0.29) is 0 Å². The van der Waals surface area contributed by atoms with E-state index < -0.39 is 5.97 Å². The molecule has 4 nitrogen and oxygen atoms in total. The Labute approximate surface area is 184 Å². The van der Waals surface area contributed by atoms with Crippen LogP contribution in [0.15, 0.2) is 66.7 Å². The fourth-order valence-electron chi connectivity index (χ4n) is 3.10. The zero-order valence-electron chi connectivity index (χ0n) is 18.3. The van der Waals surface area contributed by atoms with Crippen LogP contribution < -0.4 is 9.47 Å². The van der Waals surface area contributed by atoms with Gasteiger partial charge < -0.3 is 9.47 Å². The Morgan fingerprint density at radius 2 is 1.87 bits per heavy atom. The first-order valence-electron chi connectivity index (χ1n) is 10.7. The van der Waals surface area contributed by atoms with Crippen molar-refractivity contribution in [2.24, 2.45) is 0 Å². The lowest BCUT2D eigenvalue weighted by Gasteiger charge is -2.12. The van der Waals surface area contributed by atoms with Crippen molar-refractivity contribution in [2.75, 3.05) is 6.61 Å². The summed E-state index contributed by atoms with van der Waals surface area (Å²) < 4.78 is 11.4. The third-order valence-corrected chi connectivity index (χ3v) is 4.85. The van der Waals surface area contributed by atoms with E-state index in [2.05, 4.69) is 24.6 Å². The number of hydrogen-bond donors (Lipinski definition) is 0. The maximum Gasteiger partial charge on any atom is 0.338 e.